The molecule has 13 heavy (non-hydrogen) atoms. The number of hydrogen-bond acceptors (Lipinski definition) is 2. The van der Waals surface area contributed by atoms with Gasteiger partial charge in [-0.1, -0.05) is 6.92 Å². The Labute approximate surface area is 104 Å². The van der Waals surface area contributed by atoms with Crippen LogP contribution in [-0.4, -0.2) is 13.4 Å². The molecule has 0 unspecified atom stereocenters. The minimum Gasteiger partial charge on any atom is -0.554 e. The van der Waals surface area contributed by atoms with Crippen LogP contribution in [0.25, 0.3) is 0 Å². The van der Waals surface area contributed by atoms with Crippen LogP contribution >= 0.6 is 0 Å². The molecule has 67 valence electrons. The fraction of sp³-hybridized carbons (Fsp3) is 0.300. The molecule has 3 heteroatoms. The largest absolute Gasteiger partial charge is 0.554 e. The summed E-state index contributed by atoms with van der Waals surface area (Å²) >= 11 is 0. The van der Waals surface area contributed by atoms with E-state index in [9.17, 15) is 4.79 Å². The summed E-state index contributed by atoms with van der Waals surface area (Å²) in [6.45, 7) is 1.94. The van der Waals surface area contributed by atoms with Gasteiger partial charge in [-0.2, -0.15) is 17.7 Å². The smallest absolute Gasteiger partial charge is 0.122 e. The first-order valence-corrected chi connectivity index (χ1v) is 3.76. The van der Waals surface area contributed by atoms with E-state index in [0.29, 0.717) is 6.42 Å². The fourth-order valence-corrected chi connectivity index (χ4v) is 1.14. The van der Waals surface area contributed by atoms with Crippen LogP contribution in [0.2, 0.25) is 0 Å². The maximum Gasteiger partial charge on any atom is 0.122 e. The van der Waals surface area contributed by atoms with Crippen molar-refractivity contribution in [1.29, 1.82) is 0 Å². The van der Waals surface area contributed by atoms with Crippen LogP contribution < -0.4 is 4.74 Å². The molecule has 1 aromatic carbocycles. The van der Waals surface area contributed by atoms with Crippen LogP contribution in [0.5, 0.6) is 5.75 Å². The van der Waals surface area contributed by atoms with Crippen molar-refractivity contribution in [1.82, 2.24) is 0 Å². The molecule has 1 aromatic rings. The zero-order valence-corrected chi connectivity index (χ0v) is 10.7. The van der Waals surface area contributed by atoms with Crippen molar-refractivity contribution in [2.75, 3.05) is 7.11 Å². The second kappa shape index (κ2) is 6.28. The van der Waals surface area contributed by atoms with Gasteiger partial charge in [0.2, 0.25) is 0 Å². The maximum absolute atomic E-state index is 10.3. The van der Waals surface area contributed by atoms with Crippen LogP contribution in [0.1, 0.15) is 11.1 Å². The van der Waals surface area contributed by atoms with Crippen molar-refractivity contribution in [3.8, 4) is 5.75 Å². The summed E-state index contributed by atoms with van der Waals surface area (Å²) in [6, 6.07) is 6.53. The zero-order chi connectivity index (χ0) is 8.97. The Morgan fingerprint density at radius 3 is 2.77 bits per heavy atom. The molecule has 0 aromatic heterocycles. The van der Waals surface area contributed by atoms with Gasteiger partial charge in [0.1, 0.15) is 6.29 Å². The second-order valence-corrected chi connectivity index (χ2v) is 2.56. The van der Waals surface area contributed by atoms with Crippen LogP contribution in [0.3, 0.4) is 0 Å². The van der Waals surface area contributed by atoms with Gasteiger partial charge in [-0.3, -0.25) is 0 Å². The van der Waals surface area contributed by atoms with E-state index < -0.39 is 0 Å². The molecule has 0 amide bonds. The van der Waals surface area contributed by atoms with Gasteiger partial charge in [-0.25, -0.2) is 0 Å². The second-order valence-electron chi connectivity index (χ2n) is 2.56. The predicted molar refractivity (Wildman–Crippen MR) is 46.3 cm³/mol. The number of rotatable bonds is 3. The number of aryl methyl sites for hydroxylation is 1. The van der Waals surface area contributed by atoms with Gasteiger partial charge < -0.3 is 9.53 Å². The normalized spacial score (nSPS) is 8.77. The SMILES string of the molecule is COc1c[c-]cc(C)c1CC=O.[Y]. The summed E-state index contributed by atoms with van der Waals surface area (Å²) in [4.78, 5) is 10.3. The number of carbonyl (C=O) groups excluding carboxylic acids is 1. The van der Waals surface area contributed by atoms with Crippen LogP contribution in [0.4, 0.5) is 0 Å². The first kappa shape index (κ1) is 12.8. The molecule has 0 N–H and O–H groups in total. The minimum atomic E-state index is 0. The molecule has 0 aliphatic heterocycles. The Bertz CT molecular complexity index is 284. The van der Waals surface area contributed by atoms with Crippen molar-refractivity contribution in [2.24, 2.45) is 0 Å². The third-order valence-corrected chi connectivity index (χ3v) is 1.80. The summed E-state index contributed by atoms with van der Waals surface area (Å²) in [7, 11) is 1.59. The molecule has 0 atom stereocenters. The van der Waals surface area contributed by atoms with Gasteiger partial charge in [0.15, 0.2) is 0 Å². The topological polar surface area (TPSA) is 26.3 Å². The molecular weight excluding hydrogens is 241 g/mol. The van der Waals surface area contributed by atoms with E-state index in [0.717, 1.165) is 23.2 Å². The molecule has 0 bridgehead atoms. The van der Waals surface area contributed by atoms with Gasteiger partial charge in [0.25, 0.3) is 0 Å². The van der Waals surface area contributed by atoms with Gasteiger partial charge in [0.05, 0.1) is 7.11 Å². The van der Waals surface area contributed by atoms with Crippen LogP contribution in [0, 0.1) is 13.0 Å². The van der Waals surface area contributed by atoms with E-state index in [-0.39, 0.29) is 32.7 Å². The number of carbonyl (C=O) groups is 1. The third-order valence-electron chi connectivity index (χ3n) is 1.80. The Balaban J connectivity index is 0.00000144. The summed E-state index contributed by atoms with van der Waals surface area (Å²) in [5, 5.41) is 0. The van der Waals surface area contributed by atoms with Crippen molar-refractivity contribution in [3.63, 3.8) is 0 Å². The molecule has 0 fully saturated rings. The Kier molecular flexibility index (Phi) is 6.18. The van der Waals surface area contributed by atoms with E-state index in [2.05, 4.69) is 6.07 Å². The number of benzene rings is 1. The molecule has 0 saturated heterocycles. The minimum absolute atomic E-state index is 0. The molecule has 1 radical (unpaired) electrons. The number of aldehydes is 1. The van der Waals surface area contributed by atoms with E-state index >= 15 is 0 Å². The maximum atomic E-state index is 10.3. The molecule has 0 aliphatic rings. The van der Waals surface area contributed by atoms with Crippen LogP contribution in [0.15, 0.2) is 12.1 Å². The predicted octanol–water partition coefficient (Wildman–Crippen LogP) is 1.54. The standard InChI is InChI=1S/C10H11O2.Y/c1-8-4-3-5-10(12-2)9(8)6-7-11;/h4-5,7H,6H2,1-2H3;/q-1;. The molecule has 0 heterocycles. The number of ether oxygens (including phenoxy) is 1. The Morgan fingerprint density at radius 2 is 2.23 bits per heavy atom. The molecular formula is C10H11O2Y-. The van der Waals surface area contributed by atoms with Gasteiger partial charge in [-0.05, 0) is 0 Å². The number of hydrogen-bond donors (Lipinski definition) is 0. The Morgan fingerprint density at radius 1 is 1.54 bits per heavy atom. The molecule has 1 rings (SSSR count). The van der Waals surface area contributed by atoms with E-state index in [1.165, 1.54) is 0 Å². The molecule has 0 saturated carbocycles. The van der Waals surface area contributed by atoms with Crippen molar-refractivity contribution >= 4 is 6.29 Å². The van der Waals surface area contributed by atoms with Gasteiger partial charge >= 0.3 is 0 Å². The first-order chi connectivity index (χ1) is 5.79. The van der Waals surface area contributed by atoms with Crippen LogP contribution in [-0.2, 0) is 43.9 Å². The molecule has 0 aliphatic carbocycles. The van der Waals surface area contributed by atoms with Gasteiger partial charge in [-0.15, -0.1) is 11.6 Å². The third kappa shape index (κ3) is 3.20. The summed E-state index contributed by atoms with van der Waals surface area (Å²) in [6.07, 6.45) is 1.29. The Hall–Kier alpha value is -0.206. The monoisotopic (exact) mass is 252 g/mol. The van der Waals surface area contributed by atoms with E-state index in [1.54, 1.807) is 13.2 Å². The van der Waals surface area contributed by atoms with Crippen molar-refractivity contribution in [2.45, 2.75) is 13.3 Å². The van der Waals surface area contributed by atoms with E-state index in [4.69, 9.17) is 4.74 Å². The average molecular weight is 252 g/mol. The zero-order valence-electron chi connectivity index (χ0n) is 7.83. The number of methoxy groups -OCH3 is 1. The fourth-order valence-electron chi connectivity index (χ4n) is 1.14. The summed E-state index contributed by atoms with van der Waals surface area (Å²) in [5.41, 5.74) is 1.99. The van der Waals surface area contributed by atoms with E-state index in [1.807, 2.05) is 13.0 Å². The molecule has 0 spiro atoms. The average Bonchev–Trinajstić information content (AvgIpc) is 2.09. The van der Waals surface area contributed by atoms with Crippen molar-refractivity contribution < 1.29 is 42.2 Å². The van der Waals surface area contributed by atoms with Crippen molar-refractivity contribution in [3.05, 3.63) is 29.3 Å². The van der Waals surface area contributed by atoms with Gasteiger partial charge in [0, 0.05) is 44.9 Å². The first-order valence-electron chi connectivity index (χ1n) is 3.76. The summed E-state index contributed by atoms with van der Waals surface area (Å²) in [5.74, 6) is 0.738. The quantitative estimate of drug-likeness (QED) is 0.602. The molecule has 2 nitrogen and oxygen atoms in total. The summed E-state index contributed by atoms with van der Waals surface area (Å²) < 4.78 is 5.09.